The van der Waals surface area contributed by atoms with Crippen LogP contribution in [0.1, 0.15) is 38.2 Å². The lowest BCUT2D eigenvalue weighted by Gasteiger charge is -2.23. The number of hydrogen-bond acceptors (Lipinski definition) is 7. The number of ether oxygens (including phenoxy) is 1. The Kier molecular flexibility index (Phi) is 6.32. The Balaban J connectivity index is 1.51. The van der Waals surface area contributed by atoms with Crippen molar-refractivity contribution in [2.24, 2.45) is 7.05 Å². The number of nitrogens with zero attached hydrogens (tertiary/aromatic N) is 5. The largest absolute Gasteiger partial charge is 0.460 e. The number of aromatic nitrogens is 5. The van der Waals surface area contributed by atoms with Gasteiger partial charge in [0.05, 0.1) is 23.5 Å². The number of aryl methyl sites for hydroxylation is 1. The SMILES string of the molecule is CCC(=O)Nc1ccc(-c2c(C3=CCC(Oc4ncc(F)cn4)CC3)c3c(N)ncnc3n2C)cc1. The molecular weight excluding hydrogens is 461 g/mol. The molecule has 5 rings (SSSR count). The van der Waals surface area contributed by atoms with Gasteiger partial charge in [-0.25, -0.2) is 24.3 Å². The second kappa shape index (κ2) is 9.73. The summed E-state index contributed by atoms with van der Waals surface area (Å²) in [5.41, 5.74) is 11.9. The summed E-state index contributed by atoms with van der Waals surface area (Å²) in [7, 11) is 1.96. The van der Waals surface area contributed by atoms with Gasteiger partial charge in [0, 0.05) is 31.1 Å². The van der Waals surface area contributed by atoms with Crippen molar-refractivity contribution in [2.45, 2.75) is 38.7 Å². The van der Waals surface area contributed by atoms with Gasteiger partial charge in [-0.2, -0.15) is 0 Å². The molecule has 9 nitrogen and oxygen atoms in total. The summed E-state index contributed by atoms with van der Waals surface area (Å²) in [6, 6.07) is 7.90. The van der Waals surface area contributed by atoms with Crippen LogP contribution in [-0.2, 0) is 11.8 Å². The van der Waals surface area contributed by atoms with Gasteiger partial charge in [0.25, 0.3) is 0 Å². The monoisotopic (exact) mass is 487 g/mol. The highest BCUT2D eigenvalue weighted by atomic mass is 19.1. The van der Waals surface area contributed by atoms with Crippen molar-refractivity contribution in [3.05, 3.63) is 60.4 Å². The molecule has 0 bridgehead atoms. The molecule has 1 amide bonds. The molecule has 0 radical (unpaired) electrons. The highest BCUT2D eigenvalue weighted by Gasteiger charge is 2.26. The second-order valence-electron chi connectivity index (χ2n) is 8.65. The summed E-state index contributed by atoms with van der Waals surface area (Å²) >= 11 is 0. The Labute approximate surface area is 207 Å². The summed E-state index contributed by atoms with van der Waals surface area (Å²) < 4.78 is 21.0. The lowest BCUT2D eigenvalue weighted by Crippen LogP contribution is -2.20. The van der Waals surface area contributed by atoms with Crippen molar-refractivity contribution in [1.29, 1.82) is 0 Å². The molecule has 184 valence electrons. The van der Waals surface area contributed by atoms with E-state index in [2.05, 4.69) is 31.3 Å². The van der Waals surface area contributed by atoms with Crippen molar-refractivity contribution < 1.29 is 13.9 Å². The number of allylic oxidation sites excluding steroid dienone is 1. The predicted octanol–water partition coefficient (Wildman–Crippen LogP) is 4.51. The highest BCUT2D eigenvalue weighted by molar-refractivity contribution is 6.04. The van der Waals surface area contributed by atoms with Gasteiger partial charge >= 0.3 is 6.01 Å². The molecule has 3 heterocycles. The van der Waals surface area contributed by atoms with Crippen LogP contribution in [0.2, 0.25) is 0 Å². The second-order valence-corrected chi connectivity index (χ2v) is 8.65. The first-order valence-electron chi connectivity index (χ1n) is 11.8. The Morgan fingerprint density at radius 3 is 2.61 bits per heavy atom. The third kappa shape index (κ3) is 4.49. The van der Waals surface area contributed by atoms with E-state index < -0.39 is 5.82 Å². The number of halogens is 1. The van der Waals surface area contributed by atoms with Crippen molar-refractivity contribution in [1.82, 2.24) is 24.5 Å². The fourth-order valence-corrected chi connectivity index (χ4v) is 4.54. The van der Waals surface area contributed by atoms with E-state index in [0.29, 0.717) is 18.7 Å². The number of nitrogens with one attached hydrogen (secondary N) is 1. The maximum absolute atomic E-state index is 13.1. The molecule has 1 aliphatic rings. The van der Waals surface area contributed by atoms with E-state index >= 15 is 0 Å². The molecule has 0 saturated carbocycles. The van der Waals surface area contributed by atoms with E-state index in [-0.39, 0.29) is 18.0 Å². The van der Waals surface area contributed by atoms with E-state index in [1.807, 2.05) is 42.8 Å². The smallest absolute Gasteiger partial charge is 0.316 e. The number of amides is 1. The lowest BCUT2D eigenvalue weighted by atomic mass is 9.89. The predicted molar refractivity (Wildman–Crippen MR) is 136 cm³/mol. The van der Waals surface area contributed by atoms with Gasteiger partial charge in [0.15, 0.2) is 5.82 Å². The minimum absolute atomic E-state index is 0.0359. The maximum atomic E-state index is 13.1. The molecule has 3 N–H and O–H groups in total. The number of nitrogens with two attached hydrogens (primary N) is 1. The number of anilines is 2. The number of hydrogen-bond donors (Lipinski definition) is 2. The topological polar surface area (TPSA) is 121 Å². The Morgan fingerprint density at radius 2 is 1.94 bits per heavy atom. The average Bonchev–Trinajstić information content (AvgIpc) is 3.20. The van der Waals surface area contributed by atoms with Crippen LogP contribution in [0.4, 0.5) is 15.9 Å². The zero-order valence-electron chi connectivity index (χ0n) is 20.0. The lowest BCUT2D eigenvalue weighted by molar-refractivity contribution is -0.115. The van der Waals surface area contributed by atoms with Crippen LogP contribution in [0.25, 0.3) is 27.9 Å². The van der Waals surface area contributed by atoms with E-state index in [9.17, 15) is 9.18 Å². The summed E-state index contributed by atoms with van der Waals surface area (Å²) in [6.07, 6.45) is 8.20. The van der Waals surface area contributed by atoms with E-state index in [1.54, 1.807) is 0 Å². The quantitative estimate of drug-likeness (QED) is 0.410. The molecule has 10 heteroatoms. The average molecular weight is 488 g/mol. The Hall–Kier alpha value is -4.34. The number of nitrogen functional groups attached to an aromatic ring is 1. The number of carbonyl (C=O) groups excluding carboxylic acids is 1. The highest BCUT2D eigenvalue weighted by Crippen LogP contribution is 2.42. The molecule has 3 aromatic heterocycles. The number of rotatable bonds is 6. The molecule has 1 unspecified atom stereocenters. The molecule has 0 aliphatic heterocycles. The molecule has 0 spiro atoms. The molecule has 36 heavy (non-hydrogen) atoms. The molecule has 1 aliphatic carbocycles. The first-order valence-corrected chi connectivity index (χ1v) is 11.8. The summed E-state index contributed by atoms with van der Waals surface area (Å²) in [5, 5.41) is 3.69. The number of carbonyl (C=O) groups is 1. The van der Waals surface area contributed by atoms with Gasteiger partial charge in [0.1, 0.15) is 23.9 Å². The molecule has 1 atom stereocenters. The number of fused-ring (bicyclic) bond motifs is 1. The minimum Gasteiger partial charge on any atom is -0.460 e. The summed E-state index contributed by atoms with van der Waals surface area (Å²) in [6.45, 7) is 1.82. The van der Waals surface area contributed by atoms with Gasteiger partial charge in [-0.05, 0) is 36.1 Å². The maximum Gasteiger partial charge on any atom is 0.316 e. The van der Waals surface area contributed by atoms with Gasteiger partial charge in [-0.15, -0.1) is 0 Å². The van der Waals surface area contributed by atoms with E-state index in [1.165, 1.54) is 6.33 Å². The van der Waals surface area contributed by atoms with Gasteiger partial charge in [0.2, 0.25) is 5.91 Å². The van der Waals surface area contributed by atoms with Crippen LogP contribution < -0.4 is 15.8 Å². The molecular formula is C26H26FN7O2. The summed E-state index contributed by atoms with van der Waals surface area (Å²) in [4.78, 5) is 28.3. The fourth-order valence-electron chi connectivity index (χ4n) is 4.54. The zero-order valence-corrected chi connectivity index (χ0v) is 20.0. The number of benzene rings is 1. The zero-order chi connectivity index (χ0) is 25.2. The van der Waals surface area contributed by atoms with Crippen molar-refractivity contribution >= 4 is 34.0 Å². The van der Waals surface area contributed by atoms with E-state index in [0.717, 1.165) is 64.4 Å². The van der Waals surface area contributed by atoms with Crippen LogP contribution >= 0.6 is 0 Å². The van der Waals surface area contributed by atoms with Crippen LogP contribution in [-0.4, -0.2) is 36.5 Å². The van der Waals surface area contributed by atoms with Crippen LogP contribution in [0, 0.1) is 5.82 Å². The van der Waals surface area contributed by atoms with Gasteiger partial charge in [-0.3, -0.25) is 4.79 Å². The third-order valence-electron chi connectivity index (χ3n) is 6.31. The Morgan fingerprint density at radius 1 is 1.19 bits per heavy atom. The molecule has 0 saturated heterocycles. The molecule has 0 fully saturated rings. The van der Waals surface area contributed by atoms with Crippen molar-refractivity contribution in [2.75, 3.05) is 11.1 Å². The van der Waals surface area contributed by atoms with Gasteiger partial charge < -0.3 is 20.4 Å². The van der Waals surface area contributed by atoms with Crippen LogP contribution in [0.3, 0.4) is 0 Å². The van der Waals surface area contributed by atoms with E-state index in [4.69, 9.17) is 10.5 Å². The van der Waals surface area contributed by atoms with Crippen molar-refractivity contribution in [3.8, 4) is 17.3 Å². The fraction of sp³-hybridized carbons (Fsp3) is 0.269. The first-order chi connectivity index (χ1) is 17.4. The molecule has 1 aromatic carbocycles. The molecule has 4 aromatic rings. The Bertz CT molecular complexity index is 1450. The van der Waals surface area contributed by atoms with Gasteiger partial charge in [-0.1, -0.05) is 25.1 Å². The summed E-state index contributed by atoms with van der Waals surface area (Å²) in [5.74, 6) is -0.119. The third-order valence-corrected chi connectivity index (χ3v) is 6.31. The van der Waals surface area contributed by atoms with Crippen LogP contribution in [0.15, 0.2) is 49.1 Å². The standard InChI is InChI=1S/C26H26FN7O2/c1-3-20(35)33-18-8-4-16(5-9-18)23-21(22-24(28)31-14-32-25(22)34(23)2)15-6-10-19(11-7-15)36-26-29-12-17(27)13-30-26/h4-6,8-9,12-14,19H,3,7,10-11H2,1-2H3,(H,33,35)(H2,28,31,32). The van der Waals surface area contributed by atoms with Crippen molar-refractivity contribution in [3.63, 3.8) is 0 Å². The normalized spacial score (nSPS) is 15.5. The van der Waals surface area contributed by atoms with Crippen LogP contribution in [0.5, 0.6) is 6.01 Å². The first kappa shape index (κ1) is 23.4. The minimum atomic E-state index is -0.503.